The number of hydrogen-bond acceptors (Lipinski definition) is 2. The largest absolute Gasteiger partial charge is 0.324 e. The molecule has 1 N–H and O–H groups in total. The molecule has 0 saturated heterocycles. The van der Waals surface area contributed by atoms with Gasteiger partial charge in [-0.2, -0.15) is 0 Å². The van der Waals surface area contributed by atoms with Gasteiger partial charge in [0.05, 0.1) is 11.4 Å². The van der Waals surface area contributed by atoms with Gasteiger partial charge in [0.1, 0.15) is 0 Å². The summed E-state index contributed by atoms with van der Waals surface area (Å²) in [7, 11) is 0. The predicted octanol–water partition coefficient (Wildman–Crippen LogP) is 4.94. The van der Waals surface area contributed by atoms with E-state index in [0.717, 1.165) is 19.5 Å². The molecular formula is C14H11Br2NOS. The van der Waals surface area contributed by atoms with Crippen molar-refractivity contribution in [2.24, 2.45) is 0 Å². The van der Waals surface area contributed by atoms with Crippen LogP contribution in [0.5, 0.6) is 0 Å². The van der Waals surface area contributed by atoms with Crippen molar-refractivity contribution in [3.05, 3.63) is 57.5 Å². The van der Waals surface area contributed by atoms with Crippen molar-refractivity contribution in [1.29, 1.82) is 0 Å². The first-order valence-electron chi connectivity index (χ1n) is 5.58. The van der Waals surface area contributed by atoms with Gasteiger partial charge in [-0.25, -0.2) is 0 Å². The Morgan fingerprint density at radius 3 is 2.58 bits per heavy atom. The zero-order valence-corrected chi connectivity index (χ0v) is 13.9. The fourth-order valence-corrected chi connectivity index (χ4v) is 2.87. The van der Waals surface area contributed by atoms with Gasteiger partial charge in [0.15, 0.2) is 0 Å². The number of carbonyl (C=O) groups excluding carboxylic acids is 1. The molecule has 0 bridgehead atoms. The van der Waals surface area contributed by atoms with E-state index in [-0.39, 0.29) is 5.91 Å². The highest BCUT2D eigenvalue weighted by Gasteiger charge is 2.06. The summed E-state index contributed by atoms with van der Waals surface area (Å²) in [6.07, 6.45) is 0. The highest BCUT2D eigenvalue weighted by atomic mass is 79.9. The quantitative estimate of drug-likeness (QED) is 0.736. The van der Waals surface area contributed by atoms with Gasteiger partial charge >= 0.3 is 0 Å². The number of hydrogen-bond donors (Lipinski definition) is 1. The monoisotopic (exact) mass is 399 g/mol. The normalized spacial score (nSPS) is 10.2. The summed E-state index contributed by atoms with van der Waals surface area (Å²) in [5.74, 6) is 0.371. The number of amides is 1. The molecule has 0 unspecified atom stereocenters. The van der Waals surface area contributed by atoms with E-state index in [1.807, 2.05) is 48.5 Å². The smallest absolute Gasteiger partial charge is 0.234 e. The topological polar surface area (TPSA) is 29.1 Å². The Morgan fingerprint density at radius 2 is 1.84 bits per heavy atom. The molecule has 0 heterocycles. The van der Waals surface area contributed by atoms with Crippen LogP contribution in [-0.4, -0.2) is 11.7 Å². The third-order valence-electron chi connectivity index (χ3n) is 2.32. The minimum absolute atomic E-state index is 0.0207. The minimum atomic E-state index is -0.0207. The van der Waals surface area contributed by atoms with Crippen molar-refractivity contribution in [1.82, 2.24) is 0 Å². The summed E-state index contributed by atoms with van der Waals surface area (Å²) in [4.78, 5) is 13.0. The van der Waals surface area contributed by atoms with Crippen molar-refractivity contribution >= 4 is 55.2 Å². The van der Waals surface area contributed by atoms with Gasteiger partial charge in [0.2, 0.25) is 5.91 Å². The van der Waals surface area contributed by atoms with Gasteiger partial charge in [0, 0.05) is 13.8 Å². The number of rotatable bonds is 4. The van der Waals surface area contributed by atoms with Crippen molar-refractivity contribution in [3.63, 3.8) is 0 Å². The van der Waals surface area contributed by atoms with Gasteiger partial charge in [-0.05, 0) is 46.3 Å². The number of halogens is 2. The van der Waals surface area contributed by atoms with Gasteiger partial charge < -0.3 is 5.32 Å². The van der Waals surface area contributed by atoms with Crippen LogP contribution in [0.2, 0.25) is 0 Å². The molecule has 1 amide bonds. The van der Waals surface area contributed by atoms with Crippen molar-refractivity contribution in [2.45, 2.75) is 4.90 Å². The van der Waals surface area contributed by atoms with Crippen LogP contribution in [0.25, 0.3) is 0 Å². The van der Waals surface area contributed by atoms with Crippen LogP contribution in [-0.2, 0) is 4.79 Å². The summed E-state index contributed by atoms with van der Waals surface area (Å²) in [6.45, 7) is 0. The Balaban J connectivity index is 1.93. The fourth-order valence-electron chi connectivity index (χ4n) is 1.45. The second-order valence-corrected chi connectivity index (χ2v) is 6.59. The molecule has 2 aromatic rings. The molecule has 0 aliphatic carbocycles. The standard InChI is InChI=1S/C14H11Br2NOS/c15-10-6-7-12(16)13(8-10)17-14(18)9-19-11-4-2-1-3-5-11/h1-8H,9H2,(H,17,18). The summed E-state index contributed by atoms with van der Waals surface area (Å²) in [5, 5.41) is 2.88. The van der Waals surface area contributed by atoms with E-state index in [9.17, 15) is 4.79 Å². The molecule has 0 spiro atoms. The van der Waals surface area contributed by atoms with E-state index in [4.69, 9.17) is 0 Å². The summed E-state index contributed by atoms with van der Waals surface area (Å²) >= 11 is 8.32. The summed E-state index contributed by atoms with van der Waals surface area (Å²) in [5.41, 5.74) is 0.771. The highest BCUT2D eigenvalue weighted by molar-refractivity contribution is 9.11. The van der Waals surface area contributed by atoms with E-state index in [1.165, 1.54) is 11.8 Å². The molecule has 0 aromatic heterocycles. The average molecular weight is 401 g/mol. The molecule has 0 saturated carbocycles. The van der Waals surface area contributed by atoms with Crippen LogP contribution in [0.3, 0.4) is 0 Å². The SMILES string of the molecule is O=C(CSc1ccccc1)Nc1cc(Br)ccc1Br. The minimum Gasteiger partial charge on any atom is -0.324 e. The average Bonchev–Trinajstić information content (AvgIpc) is 2.42. The lowest BCUT2D eigenvalue weighted by molar-refractivity contribution is -0.113. The van der Waals surface area contributed by atoms with Crippen LogP contribution in [0.4, 0.5) is 5.69 Å². The molecule has 0 atom stereocenters. The van der Waals surface area contributed by atoms with Gasteiger partial charge in [-0.15, -0.1) is 11.8 Å². The molecule has 2 nitrogen and oxygen atoms in total. The van der Waals surface area contributed by atoms with Gasteiger partial charge in [-0.3, -0.25) is 4.79 Å². The van der Waals surface area contributed by atoms with Crippen molar-refractivity contribution in [3.8, 4) is 0 Å². The lowest BCUT2D eigenvalue weighted by Crippen LogP contribution is -2.14. The number of anilines is 1. The van der Waals surface area contributed by atoms with Gasteiger partial charge in [0.25, 0.3) is 0 Å². The third kappa shape index (κ3) is 4.67. The molecule has 0 radical (unpaired) electrons. The van der Waals surface area contributed by atoms with E-state index in [0.29, 0.717) is 5.75 Å². The number of carbonyl (C=O) groups is 1. The Labute approximate surface area is 133 Å². The maximum Gasteiger partial charge on any atom is 0.234 e. The second kappa shape index (κ2) is 7.12. The molecule has 2 aromatic carbocycles. The van der Waals surface area contributed by atoms with E-state index >= 15 is 0 Å². The van der Waals surface area contributed by atoms with Crippen LogP contribution < -0.4 is 5.32 Å². The first-order chi connectivity index (χ1) is 9.15. The zero-order valence-electron chi connectivity index (χ0n) is 9.90. The maximum absolute atomic E-state index is 11.9. The lowest BCUT2D eigenvalue weighted by Gasteiger charge is -2.07. The fraction of sp³-hybridized carbons (Fsp3) is 0.0714. The van der Waals surface area contributed by atoms with E-state index in [2.05, 4.69) is 37.2 Å². The third-order valence-corrected chi connectivity index (χ3v) is 4.51. The van der Waals surface area contributed by atoms with Crippen LogP contribution in [0.15, 0.2) is 62.4 Å². The van der Waals surface area contributed by atoms with Crippen LogP contribution in [0, 0.1) is 0 Å². The molecule has 0 aliphatic rings. The van der Waals surface area contributed by atoms with Gasteiger partial charge in [-0.1, -0.05) is 34.1 Å². The first kappa shape index (κ1) is 14.6. The Bertz CT molecular complexity index is 575. The maximum atomic E-state index is 11.9. The number of benzene rings is 2. The Kier molecular flexibility index (Phi) is 5.48. The molecule has 0 fully saturated rings. The van der Waals surface area contributed by atoms with Crippen LogP contribution >= 0.6 is 43.6 Å². The summed E-state index contributed by atoms with van der Waals surface area (Å²) < 4.78 is 1.80. The molecule has 2 rings (SSSR count). The zero-order chi connectivity index (χ0) is 13.7. The lowest BCUT2D eigenvalue weighted by atomic mass is 10.3. The molecule has 0 aliphatic heterocycles. The molecule has 19 heavy (non-hydrogen) atoms. The van der Waals surface area contributed by atoms with Crippen molar-refractivity contribution in [2.75, 3.05) is 11.1 Å². The Morgan fingerprint density at radius 1 is 1.11 bits per heavy atom. The predicted molar refractivity (Wildman–Crippen MR) is 87.6 cm³/mol. The van der Waals surface area contributed by atoms with Crippen LogP contribution in [0.1, 0.15) is 0 Å². The Hall–Kier alpha value is -0.780. The van der Waals surface area contributed by atoms with Crippen molar-refractivity contribution < 1.29 is 4.79 Å². The molecular weight excluding hydrogens is 390 g/mol. The number of nitrogens with one attached hydrogen (secondary N) is 1. The highest BCUT2D eigenvalue weighted by Crippen LogP contribution is 2.26. The summed E-state index contributed by atoms with van der Waals surface area (Å²) in [6, 6.07) is 15.6. The molecule has 5 heteroatoms. The number of thioether (sulfide) groups is 1. The van der Waals surface area contributed by atoms with E-state index < -0.39 is 0 Å². The first-order valence-corrected chi connectivity index (χ1v) is 8.15. The molecule has 98 valence electrons. The van der Waals surface area contributed by atoms with E-state index in [1.54, 1.807) is 0 Å². The second-order valence-electron chi connectivity index (χ2n) is 3.77.